The van der Waals surface area contributed by atoms with Gasteiger partial charge in [0, 0.05) is 24.2 Å². The molecule has 1 aromatic carbocycles. The molecule has 104 valence electrons. The fourth-order valence-electron chi connectivity index (χ4n) is 1.59. The van der Waals surface area contributed by atoms with E-state index < -0.39 is 16.6 Å². The monoisotopic (exact) mass is 280 g/mol. The van der Waals surface area contributed by atoms with E-state index in [1.165, 1.54) is 18.2 Å². The lowest BCUT2D eigenvalue weighted by atomic mass is 10.2. The van der Waals surface area contributed by atoms with Crippen LogP contribution in [0.1, 0.15) is 5.56 Å². The van der Waals surface area contributed by atoms with Crippen LogP contribution in [0, 0.1) is 21.7 Å². The first-order valence-electron chi connectivity index (χ1n) is 5.56. The van der Waals surface area contributed by atoms with Crippen molar-refractivity contribution in [2.75, 3.05) is 11.1 Å². The van der Waals surface area contributed by atoms with Crippen LogP contribution in [0.25, 0.3) is 0 Å². The molecule has 6 nitrogen and oxygen atoms in total. The zero-order valence-electron chi connectivity index (χ0n) is 10.1. The van der Waals surface area contributed by atoms with Gasteiger partial charge >= 0.3 is 5.69 Å². The maximum Gasteiger partial charge on any atom is 0.311 e. The largest absolute Gasteiger partial charge is 0.384 e. The number of nitrogens with two attached hydrogens (primary N) is 1. The normalized spacial score (nSPS) is 10.3. The molecule has 1 heterocycles. The minimum Gasteiger partial charge on any atom is -0.384 e. The van der Waals surface area contributed by atoms with E-state index in [1.807, 2.05) is 0 Å². The van der Waals surface area contributed by atoms with Crippen molar-refractivity contribution in [1.82, 2.24) is 4.98 Å². The summed E-state index contributed by atoms with van der Waals surface area (Å²) in [5.74, 6) is -1.42. The topological polar surface area (TPSA) is 94.1 Å². The lowest BCUT2D eigenvalue weighted by molar-refractivity contribution is -0.384. The van der Waals surface area contributed by atoms with Crippen molar-refractivity contribution in [3.63, 3.8) is 0 Å². The third-order valence-electron chi connectivity index (χ3n) is 2.55. The number of pyridine rings is 1. The average molecular weight is 280 g/mol. The third-order valence-corrected chi connectivity index (χ3v) is 2.55. The van der Waals surface area contributed by atoms with Crippen LogP contribution in [-0.4, -0.2) is 9.91 Å². The van der Waals surface area contributed by atoms with Crippen LogP contribution < -0.4 is 11.1 Å². The van der Waals surface area contributed by atoms with Gasteiger partial charge in [-0.15, -0.1) is 0 Å². The van der Waals surface area contributed by atoms with E-state index in [-0.39, 0.29) is 29.4 Å². The van der Waals surface area contributed by atoms with Crippen molar-refractivity contribution in [1.29, 1.82) is 0 Å². The van der Waals surface area contributed by atoms with Gasteiger partial charge in [0.1, 0.15) is 17.5 Å². The van der Waals surface area contributed by atoms with E-state index in [4.69, 9.17) is 5.73 Å². The van der Waals surface area contributed by atoms with Gasteiger partial charge in [-0.25, -0.2) is 13.8 Å². The summed E-state index contributed by atoms with van der Waals surface area (Å²) < 4.78 is 26.2. The van der Waals surface area contributed by atoms with E-state index in [2.05, 4.69) is 10.3 Å². The highest BCUT2D eigenvalue weighted by atomic mass is 19.1. The highest BCUT2D eigenvalue weighted by molar-refractivity contribution is 5.59. The molecule has 0 amide bonds. The Hall–Kier alpha value is -2.77. The van der Waals surface area contributed by atoms with Crippen molar-refractivity contribution >= 4 is 17.3 Å². The molecule has 0 bridgehead atoms. The van der Waals surface area contributed by atoms with Gasteiger partial charge in [0.05, 0.1) is 4.92 Å². The molecule has 0 saturated heterocycles. The first kappa shape index (κ1) is 13.7. The molecular formula is C12H10F2N4O2. The van der Waals surface area contributed by atoms with Gasteiger partial charge in [-0.1, -0.05) is 6.07 Å². The van der Waals surface area contributed by atoms with Gasteiger partial charge in [0.25, 0.3) is 0 Å². The van der Waals surface area contributed by atoms with Crippen LogP contribution in [0.4, 0.5) is 26.1 Å². The van der Waals surface area contributed by atoms with E-state index in [0.717, 1.165) is 12.1 Å². The maximum atomic E-state index is 13.4. The average Bonchev–Trinajstić information content (AvgIpc) is 2.37. The van der Waals surface area contributed by atoms with Gasteiger partial charge in [-0.05, 0) is 12.1 Å². The molecule has 0 radical (unpaired) electrons. The van der Waals surface area contributed by atoms with Crippen molar-refractivity contribution in [3.05, 3.63) is 57.6 Å². The second-order valence-corrected chi connectivity index (χ2v) is 3.95. The summed E-state index contributed by atoms with van der Waals surface area (Å²) >= 11 is 0. The van der Waals surface area contributed by atoms with Gasteiger partial charge in [-0.3, -0.25) is 10.1 Å². The second kappa shape index (κ2) is 5.47. The number of anilines is 2. The first-order valence-corrected chi connectivity index (χ1v) is 5.56. The predicted molar refractivity (Wildman–Crippen MR) is 69.0 cm³/mol. The Labute approximate surface area is 112 Å². The Morgan fingerprint density at radius 3 is 2.70 bits per heavy atom. The fraction of sp³-hybridized carbons (Fsp3) is 0.0833. The number of nitrogens with zero attached hydrogens (tertiary/aromatic N) is 2. The van der Waals surface area contributed by atoms with Crippen molar-refractivity contribution < 1.29 is 13.7 Å². The number of nitrogen functional groups attached to an aromatic ring is 1. The van der Waals surface area contributed by atoms with E-state index in [1.54, 1.807) is 0 Å². The lowest BCUT2D eigenvalue weighted by Gasteiger charge is -2.07. The number of benzene rings is 1. The quantitative estimate of drug-likeness (QED) is 0.662. The Morgan fingerprint density at radius 2 is 2.05 bits per heavy atom. The predicted octanol–water partition coefficient (Wildman–Crippen LogP) is 2.46. The fourth-order valence-corrected chi connectivity index (χ4v) is 1.59. The zero-order valence-corrected chi connectivity index (χ0v) is 10.1. The molecular weight excluding hydrogens is 270 g/mol. The molecule has 0 atom stereocenters. The molecule has 0 fully saturated rings. The minimum absolute atomic E-state index is 0.0706. The summed E-state index contributed by atoms with van der Waals surface area (Å²) in [4.78, 5) is 14.0. The Balaban J connectivity index is 2.22. The number of hydrogen-bond acceptors (Lipinski definition) is 5. The third kappa shape index (κ3) is 2.97. The van der Waals surface area contributed by atoms with E-state index in [0.29, 0.717) is 0 Å². The molecule has 1 aromatic heterocycles. The molecule has 0 aliphatic rings. The summed E-state index contributed by atoms with van der Waals surface area (Å²) in [6, 6.07) is 5.57. The van der Waals surface area contributed by atoms with Gasteiger partial charge in [0.15, 0.2) is 0 Å². The second-order valence-electron chi connectivity index (χ2n) is 3.95. The summed E-state index contributed by atoms with van der Waals surface area (Å²) in [5, 5.41) is 13.4. The molecule has 2 rings (SSSR count). The summed E-state index contributed by atoms with van der Waals surface area (Å²) in [5.41, 5.74) is 5.33. The summed E-state index contributed by atoms with van der Waals surface area (Å²) in [6.07, 6.45) is 0. The molecule has 0 aliphatic carbocycles. The van der Waals surface area contributed by atoms with Gasteiger partial charge < -0.3 is 11.1 Å². The van der Waals surface area contributed by atoms with Crippen molar-refractivity contribution in [2.24, 2.45) is 0 Å². The summed E-state index contributed by atoms with van der Waals surface area (Å²) in [6.45, 7) is -0.0800. The van der Waals surface area contributed by atoms with E-state index in [9.17, 15) is 18.9 Å². The number of hydrogen-bond donors (Lipinski definition) is 2. The van der Waals surface area contributed by atoms with Crippen molar-refractivity contribution in [2.45, 2.75) is 6.54 Å². The number of nitro groups is 1. The number of nitrogens with one attached hydrogen (secondary N) is 1. The Morgan fingerprint density at radius 1 is 1.30 bits per heavy atom. The Bertz CT molecular complexity index is 664. The van der Waals surface area contributed by atoms with Crippen LogP contribution in [0.3, 0.4) is 0 Å². The molecule has 20 heavy (non-hydrogen) atoms. The van der Waals surface area contributed by atoms with Crippen LogP contribution in [-0.2, 0) is 6.54 Å². The molecule has 2 aromatic rings. The van der Waals surface area contributed by atoms with E-state index >= 15 is 0 Å². The smallest absolute Gasteiger partial charge is 0.311 e. The highest BCUT2D eigenvalue weighted by Gasteiger charge is 2.15. The molecule has 0 saturated carbocycles. The SMILES string of the molecule is Nc1ccc([N+](=O)[O-])c(NCc2ccc(F)cc2F)n1. The number of rotatable bonds is 4. The van der Waals surface area contributed by atoms with Crippen molar-refractivity contribution in [3.8, 4) is 0 Å². The zero-order chi connectivity index (χ0) is 14.7. The number of halogens is 2. The molecule has 8 heteroatoms. The highest BCUT2D eigenvalue weighted by Crippen LogP contribution is 2.23. The molecule has 0 unspecified atom stereocenters. The molecule has 0 aliphatic heterocycles. The Kier molecular flexibility index (Phi) is 3.74. The molecule has 0 spiro atoms. The van der Waals surface area contributed by atoms with Gasteiger partial charge in [-0.2, -0.15) is 0 Å². The van der Waals surface area contributed by atoms with Crippen LogP contribution >= 0.6 is 0 Å². The summed E-state index contributed by atoms with van der Waals surface area (Å²) in [7, 11) is 0. The number of aromatic nitrogens is 1. The molecule has 3 N–H and O–H groups in total. The minimum atomic E-state index is -0.746. The van der Waals surface area contributed by atoms with Crippen LogP contribution in [0.2, 0.25) is 0 Å². The van der Waals surface area contributed by atoms with Crippen LogP contribution in [0.5, 0.6) is 0 Å². The first-order chi connectivity index (χ1) is 9.47. The van der Waals surface area contributed by atoms with Gasteiger partial charge in [0.2, 0.25) is 5.82 Å². The lowest BCUT2D eigenvalue weighted by Crippen LogP contribution is -2.07. The maximum absolute atomic E-state index is 13.4. The van der Waals surface area contributed by atoms with Crippen LogP contribution in [0.15, 0.2) is 30.3 Å². The standard InChI is InChI=1S/C12H10F2N4O2/c13-8-2-1-7(9(14)5-8)6-16-12-10(18(19)20)3-4-11(15)17-12/h1-5H,6H2,(H3,15,16,17).